The van der Waals surface area contributed by atoms with E-state index in [2.05, 4.69) is 34.6 Å². The lowest BCUT2D eigenvalue weighted by Gasteiger charge is -2.48. The maximum absolute atomic E-state index is 13.6. The van der Waals surface area contributed by atoms with Crippen LogP contribution in [0.1, 0.15) is 63.9 Å². The van der Waals surface area contributed by atoms with Crippen LogP contribution in [0, 0.1) is 17.6 Å². The number of hydrogen-bond donors (Lipinski definition) is 3. The third-order valence-electron chi connectivity index (χ3n) is 9.47. The Labute approximate surface area is 259 Å². The number of benzene rings is 2. The number of likely N-dealkylation sites (tertiary alicyclic amines) is 1. The summed E-state index contributed by atoms with van der Waals surface area (Å²) >= 11 is 0. The topological polar surface area (TPSA) is 100 Å². The number of nitrogens with one attached hydrogen (secondary N) is 2. The Morgan fingerprint density at radius 3 is 2.20 bits per heavy atom. The molecule has 1 heterocycles. The van der Waals surface area contributed by atoms with Gasteiger partial charge in [0.1, 0.15) is 0 Å². The number of aliphatic carboxylic acids is 1. The molecular formula is C32H40F5N3O5. The molecule has 2 aromatic rings. The van der Waals surface area contributed by atoms with Crippen molar-refractivity contribution in [1.29, 1.82) is 0 Å². The Morgan fingerprint density at radius 2 is 1.60 bits per heavy atom. The van der Waals surface area contributed by atoms with Gasteiger partial charge in [-0.2, -0.15) is 13.2 Å². The summed E-state index contributed by atoms with van der Waals surface area (Å²) in [6.07, 6.45) is 3.57. The molecule has 2 aliphatic carbocycles. The van der Waals surface area contributed by atoms with Crippen LogP contribution < -0.4 is 20.1 Å². The Hall–Kier alpha value is -3.61. The Bertz CT molecular complexity index is 1350. The van der Waals surface area contributed by atoms with E-state index in [0.717, 1.165) is 61.8 Å². The minimum absolute atomic E-state index is 0.0123. The van der Waals surface area contributed by atoms with Gasteiger partial charge in [-0.15, -0.1) is 0 Å². The van der Waals surface area contributed by atoms with Crippen LogP contribution in [0.4, 0.5) is 32.4 Å². The molecule has 0 radical (unpaired) electrons. The molecule has 1 aliphatic heterocycles. The fraction of sp³-hybridized carbons (Fsp3) is 0.562. The van der Waals surface area contributed by atoms with Crippen LogP contribution in [-0.2, 0) is 10.2 Å². The molecule has 3 fully saturated rings. The third-order valence-corrected chi connectivity index (χ3v) is 9.47. The largest absolute Gasteiger partial charge is 0.493 e. The highest BCUT2D eigenvalue weighted by Gasteiger charge is 2.53. The standard InChI is InChI=1S/C30H39F2N3O3.C2HF3O2/c1-19-4-8-23(9-5-19)35-15-14-30(20-6-11-26(37-2)27(16-20)38-3)13-12-22(18-28(30)35)34-29(36)33-21-7-10-24(31)25(32)17-21;3-2(4,5)1(6)7/h6-7,10-11,16-17,19,22-23,28H,4-5,8-9,12-15,18H2,1-3H3,(H2,33,34,36);(H,6,7)/t19?,22-,23?,28+,30+;/m1./s1. The van der Waals surface area contributed by atoms with Crippen LogP contribution in [0.2, 0.25) is 0 Å². The lowest BCUT2D eigenvalue weighted by molar-refractivity contribution is -0.192. The number of carbonyl (C=O) groups is 2. The van der Waals surface area contributed by atoms with Crippen LogP contribution >= 0.6 is 0 Å². The summed E-state index contributed by atoms with van der Waals surface area (Å²) < 4.78 is 69.8. The van der Waals surface area contributed by atoms with E-state index in [4.69, 9.17) is 19.4 Å². The van der Waals surface area contributed by atoms with E-state index in [0.29, 0.717) is 12.1 Å². The second-order valence-electron chi connectivity index (χ2n) is 12.1. The number of hydrogen-bond acceptors (Lipinski definition) is 5. The molecule has 0 bridgehead atoms. The van der Waals surface area contributed by atoms with Crippen molar-refractivity contribution >= 4 is 17.7 Å². The van der Waals surface area contributed by atoms with Gasteiger partial charge in [0.05, 0.1) is 14.2 Å². The summed E-state index contributed by atoms with van der Waals surface area (Å²) in [4.78, 5) is 24.4. The molecule has 2 amide bonds. The molecule has 2 saturated carbocycles. The number of nitrogens with zero attached hydrogens (tertiary/aromatic N) is 1. The van der Waals surface area contributed by atoms with E-state index in [-0.39, 0.29) is 17.1 Å². The van der Waals surface area contributed by atoms with Crippen LogP contribution in [0.5, 0.6) is 11.5 Å². The average Bonchev–Trinajstić information content (AvgIpc) is 3.38. The first-order chi connectivity index (χ1) is 21.3. The van der Waals surface area contributed by atoms with Crippen molar-refractivity contribution in [1.82, 2.24) is 10.2 Å². The zero-order chi connectivity index (χ0) is 32.9. The van der Waals surface area contributed by atoms with E-state index >= 15 is 0 Å². The van der Waals surface area contributed by atoms with Crippen LogP contribution in [0.25, 0.3) is 0 Å². The summed E-state index contributed by atoms with van der Waals surface area (Å²) in [5, 5.41) is 12.9. The lowest BCUT2D eigenvalue weighted by Crippen LogP contribution is -2.55. The zero-order valence-electron chi connectivity index (χ0n) is 25.6. The second kappa shape index (κ2) is 14.2. The number of alkyl halides is 3. The van der Waals surface area contributed by atoms with Crippen molar-refractivity contribution in [2.75, 3.05) is 26.1 Å². The molecule has 8 nitrogen and oxygen atoms in total. The first-order valence-electron chi connectivity index (χ1n) is 15.1. The highest BCUT2D eigenvalue weighted by Crippen LogP contribution is 2.52. The van der Waals surface area contributed by atoms with Crippen LogP contribution in [0.3, 0.4) is 0 Å². The number of urea groups is 1. The Morgan fingerprint density at radius 1 is 0.933 bits per heavy atom. The lowest BCUT2D eigenvalue weighted by atomic mass is 9.64. The van der Waals surface area contributed by atoms with Gasteiger partial charge in [-0.3, -0.25) is 4.90 Å². The third kappa shape index (κ3) is 7.98. The number of amides is 2. The van der Waals surface area contributed by atoms with Gasteiger partial charge in [-0.25, -0.2) is 18.4 Å². The molecule has 45 heavy (non-hydrogen) atoms. The van der Waals surface area contributed by atoms with E-state index in [9.17, 15) is 26.7 Å². The number of carbonyl (C=O) groups excluding carboxylic acids is 1. The number of carboxylic acid groups (broad SMARTS) is 1. The van der Waals surface area contributed by atoms with Gasteiger partial charge in [0, 0.05) is 35.3 Å². The molecule has 0 spiro atoms. The quantitative estimate of drug-likeness (QED) is 0.298. The monoisotopic (exact) mass is 641 g/mol. The minimum atomic E-state index is -5.08. The molecule has 0 unspecified atom stereocenters. The van der Waals surface area contributed by atoms with Crippen LogP contribution in [-0.4, -0.2) is 67.1 Å². The Kier molecular flexibility index (Phi) is 10.8. The predicted molar refractivity (Wildman–Crippen MR) is 158 cm³/mol. The molecular weight excluding hydrogens is 601 g/mol. The van der Waals surface area contributed by atoms with E-state index in [1.807, 2.05) is 6.07 Å². The summed E-state index contributed by atoms with van der Waals surface area (Å²) in [5.41, 5.74) is 1.49. The summed E-state index contributed by atoms with van der Waals surface area (Å²) in [6.45, 7) is 3.39. The first kappa shape index (κ1) is 34.3. The van der Waals surface area contributed by atoms with Gasteiger partial charge in [-0.05, 0) is 93.7 Å². The number of anilines is 1. The molecule has 13 heteroatoms. The molecule has 5 rings (SSSR count). The molecule has 3 N–H and O–H groups in total. The number of fused-ring (bicyclic) bond motifs is 1. The van der Waals surface area contributed by atoms with E-state index in [1.165, 1.54) is 37.3 Å². The SMILES string of the molecule is COc1ccc([C@@]23CC[C@@H](NC(=O)Nc4ccc(F)c(F)c4)C[C@@H]2N(C2CCC(C)CC2)CC3)cc1OC.O=C(O)C(F)(F)F. The van der Waals surface area contributed by atoms with Crippen molar-refractivity contribution in [2.24, 2.45) is 5.92 Å². The van der Waals surface area contributed by atoms with E-state index < -0.39 is 29.8 Å². The molecule has 1 saturated heterocycles. The number of rotatable bonds is 6. The number of halogens is 5. The van der Waals surface area contributed by atoms with Crippen molar-refractivity contribution < 1.29 is 46.1 Å². The van der Waals surface area contributed by atoms with Gasteiger partial charge in [0.15, 0.2) is 23.1 Å². The molecule has 0 aromatic heterocycles. The number of methoxy groups -OCH3 is 2. The fourth-order valence-corrected chi connectivity index (χ4v) is 7.14. The van der Waals surface area contributed by atoms with Crippen molar-refractivity contribution in [3.8, 4) is 11.5 Å². The van der Waals surface area contributed by atoms with E-state index in [1.54, 1.807) is 14.2 Å². The molecule has 248 valence electrons. The van der Waals surface area contributed by atoms with Gasteiger partial charge >= 0.3 is 18.2 Å². The zero-order valence-corrected chi connectivity index (χ0v) is 25.6. The number of ether oxygens (including phenoxy) is 2. The van der Waals surface area contributed by atoms with Crippen molar-refractivity contribution in [2.45, 2.75) is 88.0 Å². The van der Waals surface area contributed by atoms with Crippen LogP contribution in [0.15, 0.2) is 36.4 Å². The van der Waals surface area contributed by atoms with Gasteiger partial charge in [-0.1, -0.05) is 13.0 Å². The predicted octanol–water partition coefficient (Wildman–Crippen LogP) is 6.88. The minimum Gasteiger partial charge on any atom is -0.493 e. The van der Waals surface area contributed by atoms with Crippen molar-refractivity contribution in [3.05, 3.63) is 53.6 Å². The second-order valence-corrected chi connectivity index (χ2v) is 12.1. The molecule has 3 aliphatic rings. The Balaban J connectivity index is 0.000000591. The first-order valence-corrected chi connectivity index (χ1v) is 15.1. The maximum Gasteiger partial charge on any atom is 0.490 e. The fourth-order valence-electron chi connectivity index (χ4n) is 7.14. The average molecular weight is 642 g/mol. The molecule has 2 aromatic carbocycles. The van der Waals surface area contributed by atoms with Crippen molar-refractivity contribution in [3.63, 3.8) is 0 Å². The summed E-state index contributed by atoms with van der Waals surface area (Å²) in [5.74, 6) is -2.42. The maximum atomic E-state index is 13.6. The van der Waals surface area contributed by atoms with Gasteiger partial charge in [0.2, 0.25) is 0 Å². The highest BCUT2D eigenvalue weighted by molar-refractivity contribution is 5.89. The summed E-state index contributed by atoms with van der Waals surface area (Å²) in [6, 6.07) is 10.2. The molecule has 3 atom stereocenters. The number of carboxylic acids is 1. The highest BCUT2D eigenvalue weighted by atomic mass is 19.4. The van der Waals surface area contributed by atoms with Gasteiger partial charge in [0.25, 0.3) is 0 Å². The smallest absolute Gasteiger partial charge is 0.490 e. The summed E-state index contributed by atoms with van der Waals surface area (Å²) in [7, 11) is 3.33. The normalized spacial score (nSPS) is 26.6. The van der Waals surface area contributed by atoms with Gasteiger partial charge < -0.3 is 25.2 Å².